The quantitative estimate of drug-likeness (QED) is 0.144. The molecule has 0 aliphatic rings. The Morgan fingerprint density at radius 3 is 0.436 bits per heavy atom. The van der Waals surface area contributed by atoms with Crippen LogP contribution in [0.3, 0.4) is 0 Å². The molecule has 0 unspecified atom stereocenters. The normalized spacial score (nSPS) is 17.3. The van der Waals surface area contributed by atoms with Crippen molar-refractivity contribution < 1.29 is 162 Å². The van der Waals surface area contributed by atoms with Gasteiger partial charge in [0.1, 0.15) is 0 Å². The van der Waals surface area contributed by atoms with Gasteiger partial charge in [-0.3, -0.25) is 0 Å². The van der Waals surface area contributed by atoms with Gasteiger partial charge >= 0.3 is 107 Å². The largest absolute Gasteiger partial charge is 0.438 e. The molecule has 37 heteroatoms. The molecule has 0 saturated heterocycles. The minimum atomic E-state index is -10.4. The van der Waals surface area contributed by atoms with Crippen LogP contribution in [0.15, 0.2) is 0 Å². The Morgan fingerprint density at radius 1 is 0.182 bits per heavy atom. The van der Waals surface area contributed by atoms with Crippen molar-refractivity contribution in [3.05, 3.63) is 0 Å². The number of halogens is 37. The molecule has 0 N–H and O–H groups in total. The van der Waals surface area contributed by atoms with E-state index >= 15 is 0 Å². The fourth-order valence-corrected chi connectivity index (χ4v) is 3.25. The highest BCUT2D eigenvalue weighted by molar-refractivity contribution is 5.23. The summed E-state index contributed by atoms with van der Waals surface area (Å²) in [6.07, 6.45) is -24.4. The lowest BCUT2D eigenvalue weighted by Gasteiger charge is -2.47. The van der Waals surface area contributed by atoms with Crippen molar-refractivity contribution in [1.29, 1.82) is 0 Å². The number of hydrogen-bond acceptors (Lipinski definition) is 0. The van der Waals surface area contributed by atoms with Crippen LogP contribution in [0, 0.1) is 0 Å². The van der Waals surface area contributed by atoms with Crippen LogP contribution in [0.25, 0.3) is 0 Å². The van der Waals surface area contributed by atoms with Gasteiger partial charge in [-0.15, -0.1) is 0 Å². The SMILES string of the molecule is FC(F)C(F)(F)C(F)(F)C(F)(F)C(F)(F)C(F)(F)C(F)(F)C(F)(F)C(F)(F)C(F)(F)C(F)(F)C(F)(F)C(F)(F)C(F)(F)C(F)(F)C(F)(C(F)(F)F)C(F)(F)F. The van der Waals surface area contributed by atoms with Crippen molar-refractivity contribution in [2.45, 2.75) is 107 Å². The van der Waals surface area contributed by atoms with Crippen molar-refractivity contribution in [2.75, 3.05) is 0 Å². The minimum Gasteiger partial charge on any atom is -0.216 e. The topological polar surface area (TPSA) is 0 Å². The average Bonchev–Trinajstić information content (AvgIpc) is 2.93. The molecule has 0 spiro atoms. The highest BCUT2D eigenvalue weighted by Crippen LogP contribution is 2.70. The lowest BCUT2D eigenvalue weighted by atomic mass is 9.81. The van der Waals surface area contributed by atoms with Crippen LogP contribution >= 0.6 is 0 Å². The fraction of sp³-hybridized carbons (Fsp3) is 1.00. The zero-order valence-corrected chi connectivity index (χ0v) is 23.1. The average molecular weight is 920 g/mol. The number of hydrogen-bond donors (Lipinski definition) is 0. The standard InChI is InChI=1S/C18HF37/c19-1(20)2(21,22)4(24,25)6(28,29)8(32,33)10(36,37)12(40,41)14(44,45)16(48,49)15(46,47)13(42,43)11(38,39)9(34,35)7(30,31)5(26,27)3(23,17(50,51)52)18(53,54)55/h1H. The molecule has 0 saturated carbocycles. The monoisotopic (exact) mass is 920 g/mol. The van der Waals surface area contributed by atoms with Crippen molar-refractivity contribution in [2.24, 2.45) is 0 Å². The molecule has 0 aromatic rings. The zero-order chi connectivity index (χ0) is 46.1. The molecule has 0 aromatic heterocycles. The molecule has 0 fully saturated rings. The van der Waals surface area contributed by atoms with Crippen molar-refractivity contribution in [3.8, 4) is 0 Å². The summed E-state index contributed by atoms with van der Waals surface area (Å²) in [7, 11) is 0. The second kappa shape index (κ2) is 12.5. The van der Waals surface area contributed by atoms with E-state index in [0.29, 0.717) is 0 Å². The predicted octanol–water partition coefficient (Wildman–Crippen LogP) is 12.0. The summed E-state index contributed by atoms with van der Waals surface area (Å²) in [5.74, 6) is -139. The van der Waals surface area contributed by atoms with E-state index in [0.717, 1.165) is 0 Å². The van der Waals surface area contributed by atoms with Gasteiger partial charge in [0, 0.05) is 0 Å². The summed E-state index contributed by atoms with van der Waals surface area (Å²) in [4.78, 5) is 0. The van der Waals surface area contributed by atoms with E-state index in [1.165, 1.54) is 0 Å². The first-order valence-electron chi connectivity index (χ1n) is 11.3. The first kappa shape index (κ1) is 52.4. The molecule has 332 valence electrons. The highest BCUT2D eigenvalue weighted by atomic mass is 19.4. The molecule has 0 heterocycles. The van der Waals surface area contributed by atoms with E-state index in [9.17, 15) is 162 Å². The number of alkyl halides is 37. The Morgan fingerprint density at radius 2 is 0.309 bits per heavy atom. The second-order valence-electron chi connectivity index (χ2n) is 10.0. The smallest absolute Gasteiger partial charge is 0.216 e. The maximum absolute atomic E-state index is 13.8. The Kier molecular flexibility index (Phi) is 11.9. The van der Waals surface area contributed by atoms with E-state index in [2.05, 4.69) is 0 Å². The fourth-order valence-electron chi connectivity index (χ4n) is 3.25. The first-order chi connectivity index (χ1) is 22.9. The van der Waals surface area contributed by atoms with Gasteiger partial charge in [0.25, 0.3) is 0 Å². The van der Waals surface area contributed by atoms with Gasteiger partial charge in [0.05, 0.1) is 0 Å². The zero-order valence-electron chi connectivity index (χ0n) is 23.1. The lowest BCUT2D eigenvalue weighted by Crippen LogP contribution is -2.80. The van der Waals surface area contributed by atoms with Crippen LogP contribution in [0.5, 0.6) is 0 Å². The van der Waals surface area contributed by atoms with Crippen molar-refractivity contribution >= 4 is 0 Å². The molecule has 0 amide bonds. The van der Waals surface area contributed by atoms with E-state index < -0.39 is 107 Å². The molecule has 0 aliphatic heterocycles. The van der Waals surface area contributed by atoms with Crippen LogP contribution in [0.4, 0.5) is 162 Å². The Balaban J connectivity index is 7.90. The van der Waals surface area contributed by atoms with Gasteiger partial charge in [-0.05, 0) is 0 Å². The predicted molar refractivity (Wildman–Crippen MR) is 91.2 cm³/mol. The van der Waals surface area contributed by atoms with E-state index in [4.69, 9.17) is 0 Å². The van der Waals surface area contributed by atoms with E-state index in [1.54, 1.807) is 0 Å². The summed E-state index contributed by atoms with van der Waals surface area (Å²) < 4.78 is 492. The lowest BCUT2D eigenvalue weighted by molar-refractivity contribution is -0.494. The maximum Gasteiger partial charge on any atom is 0.438 e. The number of rotatable bonds is 15. The summed E-state index contributed by atoms with van der Waals surface area (Å²) in [6, 6.07) is 0. The van der Waals surface area contributed by atoms with Crippen LogP contribution < -0.4 is 0 Å². The highest BCUT2D eigenvalue weighted by Gasteiger charge is 3.03. The van der Waals surface area contributed by atoms with Gasteiger partial charge in [0.2, 0.25) is 0 Å². The second-order valence-corrected chi connectivity index (χ2v) is 10.0. The molecule has 0 radical (unpaired) electrons. The Labute approximate surface area is 271 Å². The van der Waals surface area contributed by atoms with Gasteiger partial charge in [-0.2, -0.15) is 149 Å². The molecule has 0 bridgehead atoms. The van der Waals surface area contributed by atoms with Gasteiger partial charge in [-0.1, -0.05) is 0 Å². The molecular weight excluding hydrogens is 919 g/mol. The molecule has 0 rings (SSSR count). The molecule has 0 aliphatic carbocycles. The third-order valence-electron chi connectivity index (χ3n) is 6.64. The Bertz CT molecular complexity index is 1370. The molecule has 0 aromatic carbocycles. The maximum atomic E-state index is 13.8. The summed E-state index contributed by atoms with van der Waals surface area (Å²) in [5.41, 5.74) is -9.50. The third kappa shape index (κ3) is 5.78. The van der Waals surface area contributed by atoms with Gasteiger partial charge in [0.15, 0.2) is 0 Å². The van der Waals surface area contributed by atoms with Crippen LogP contribution in [-0.2, 0) is 0 Å². The Hall–Kier alpha value is -2.59. The van der Waals surface area contributed by atoms with Crippen molar-refractivity contribution in [1.82, 2.24) is 0 Å². The molecule has 0 nitrogen and oxygen atoms in total. The minimum absolute atomic E-state index is 6.56. The summed E-state index contributed by atoms with van der Waals surface area (Å²) in [5, 5.41) is 0. The summed E-state index contributed by atoms with van der Waals surface area (Å²) >= 11 is 0. The van der Waals surface area contributed by atoms with Crippen LogP contribution in [0.1, 0.15) is 0 Å². The van der Waals surface area contributed by atoms with Crippen LogP contribution in [-0.4, -0.2) is 107 Å². The summed E-state index contributed by atoms with van der Waals surface area (Å²) in [6.45, 7) is 0. The van der Waals surface area contributed by atoms with Crippen molar-refractivity contribution in [3.63, 3.8) is 0 Å². The van der Waals surface area contributed by atoms with Gasteiger partial charge in [-0.25, -0.2) is 13.2 Å². The van der Waals surface area contributed by atoms with Gasteiger partial charge < -0.3 is 0 Å². The third-order valence-corrected chi connectivity index (χ3v) is 6.64. The molecule has 55 heavy (non-hydrogen) atoms. The van der Waals surface area contributed by atoms with E-state index in [1.807, 2.05) is 0 Å². The van der Waals surface area contributed by atoms with Crippen LogP contribution in [0.2, 0.25) is 0 Å². The first-order valence-corrected chi connectivity index (χ1v) is 11.3. The molecule has 0 atom stereocenters. The van der Waals surface area contributed by atoms with E-state index in [-0.39, 0.29) is 0 Å². The molecular formula is C18HF37.